The van der Waals surface area contributed by atoms with E-state index in [0.717, 1.165) is 0 Å². The van der Waals surface area contributed by atoms with Crippen molar-refractivity contribution in [1.29, 1.82) is 0 Å². The van der Waals surface area contributed by atoms with Crippen LogP contribution in [-0.2, 0) is 0 Å². The topological polar surface area (TPSA) is 57.8 Å². The third-order valence-electron chi connectivity index (χ3n) is 2.23. The number of thiophene rings is 1. The third-order valence-corrected chi connectivity index (χ3v) is 3.41. The summed E-state index contributed by atoms with van der Waals surface area (Å²) in [5.74, 6) is 0.599. The molecular formula is C11H13N3OS. The SMILES string of the molecule is Cc1ccc(C(C)Nc2cc(=O)[nH]cn2)s1. The molecule has 2 rings (SSSR count). The zero-order valence-electron chi connectivity index (χ0n) is 9.15. The summed E-state index contributed by atoms with van der Waals surface area (Å²) >= 11 is 1.74. The maximum absolute atomic E-state index is 11.1. The van der Waals surface area contributed by atoms with Gasteiger partial charge in [-0.1, -0.05) is 0 Å². The van der Waals surface area contributed by atoms with E-state index < -0.39 is 0 Å². The zero-order chi connectivity index (χ0) is 11.5. The molecule has 16 heavy (non-hydrogen) atoms. The predicted octanol–water partition coefficient (Wildman–Crippen LogP) is 2.31. The molecule has 0 amide bonds. The van der Waals surface area contributed by atoms with Crippen LogP contribution in [0.25, 0.3) is 0 Å². The van der Waals surface area contributed by atoms with E-state index in [9.17, 15) is 4.79 Å². The van der Waals surface area contributed by atoms with Gasteiger partial charge in [0.25, 0.3) is 5.56 Å². The number of hydrogen-bond acceptors (Lipinski definition) is 4. The van der Waals surface area contributed by atoms with Gasteiger partial charge in [0.1, 0.15) is 5.82 Å². The average molecular weight is 235 g/mol. The summed E-state index contributed by atoms with van der Waals surface area (Å²) in [6.07, 6.45) is 1.40. The van der Waals surface area contributed by atoms with Crippen molar-refractivity contribution in [3.8, 4) is 0 Å². The molecule has 1 atom stereocenters. The molecule has 2 aromatic heterocycles. The molecule has 2 heterocycles. The second-order valence-corrected chi connectivity index (χ2v) is 4.93. The summed E-state index contributed by atoms with van der Waals surface area (Å²) < 4.78 is 0. The van der Waals surface area contributed by atoms with Gasteiger partial charge in [-0.2, -0.15) is 0 Å². The Balaban J connectivity index is 2.13. The molecule has 0 saturated heterocycles. The van der Waals surface area contributed by atoms with Crippen LogP contribution < -0.4 is 10.9 Å². The molecule has 1 unspecified atom stereocenters. The first-order valence-corrected chi connectivity index (χ1v) is 5.84. The van der Waals surface area contributed by atoms with Crippen molar-refractivity contribution in [2.24, 2.45) is 0 Å². The molecule has 84 valence electrons. The van der Waals surface area contributed by atoms with Crippen LogP contribution in [0.3, 0.4) is 0 Å². The molecule has 0 aromatic carbocycles. The van der Waals surface area contributed by atoms with E-state index in [1.165, 1.54) is 22.1 Å². The smallest absolute Gasteiger partial charge is 0.252 e. The molecule has 0 fully saturated rings. The van der Waals surface area contributed by atoms with Gasteiger partial charge in [-0.15, -0.1) is 11.3 Å². The van der Waals surface area contributed by atoms with Crippen LogP contribution >= 0.6 is 11.3 Å². The van der Waals surface area contributed by atoms with E-state index in [1.54, 1.807) is 11.3 Å². The van der Waals surface area contributed by atoms with E-state index >= 15 is 0 Å². The fourth-order valence-electron chi connectivity index (χ4n) is 1.43. The average Bonchev–Trinajstić information content (AvgIpc) is 2.65. The zero-order valence-corrected chi connectivity index (χ0v) is 9.97. The number of hydrogen-bond donors (Lipinski definition) is 2. The van der Waals surface area contributed by atoms with Crippen molar-refractivity contribution in [2.45, 2.75) is 19.9 Å². The Morgan fingerprint density at radius 2 is 2.31 bits per heavy atom. The number of H-pyrrole nitrogens is 1. The molecule has 0 aliphatic carbocycles. The van der Waals surface area contributed by atoms with Crippen LogP contribution in [0.5, 0.6) is 0 Å². The quantitative estimate of drug-likeness (QED) is 0.858. The van der Waals surface area contributed by atoms with Crippen LogP contribution in [0.1, 0.15) is 22.7 Å². The minimum atomic E-state index is -0.146. The molecule has 4 nitrogen and oxygen atoms in total. The first-order chi connectivity index (χ1) is 7.65. The standard InChI is InChI=1S/C11H13N3OS/c1-7-3-4-9(16-7)8(2)14-10-5-11(15)13-6-12-10/h3-6,8H,1-2H3,(H2,12,13,14,15). The van der Waals surface area contributed by atoms with E-state index in [2.05, 4.69) is 34.3 Å². The molecule has 0 spiro atoms. The number of anilines is 1. The molecule has 0 bridgehead atoms. The Kier molecular flexibility index (Phi) is 3.05. The van der Waals surface area contributed by atoms with E-state index in [1.807, 2.05) is 6.92 Å². The third kappa shape index (κ3) is 2.49. The normalized spacial score (nSPS) is 12.4. The fraction of sp³-hybridized carbons (Fsp3) is 0.273. The highest BCUT2D eigenvalue weighted by Crippen LogP contribution is 2.24. The van der Waals surface area contributed by atoms with Gasteiger partial charge < -0.3 is 10.3 Å². The van der Waals surface area contributed by atoms with Gasteiger partial charge in [-0.3, -0.25) is 4.79 Å². The van der Waals surface area contributed by atoms with E-state index in [4.69, 9.17) is 0 Å². The number of rotatable bonds is 3. The summed E-state index contributed by atoms with van der Waals surface area (Å²) in [6, 6.07) is 5.79. The fourth-order valence-corrected chi connectivity index (χ4v) is 2.31. The van der Waals surface area contributed by atoms with Crippen LogP contribution in [0.4, 0.5) is 5.82 Å². The van der Waals surface area contributed by atoms with Gasteiger partial charge in [0.2, 0.25) is 0 Å². The second kappa shape index (κ2) is 4.49. The summed E-state index contributed by atoms with van der Waals surface area (Å²) in [6.45, 7) is 4.13. The molecule has 0 aliphatic rings. The van der Waals surface area contributed by atoms with Crippen LogP contribution in [0.15, 0.2) is 29.3 Å². The maximum atomic E-state index is 11.1. The molecule has 0 radical (unpaired) electrons. The molecule has 2 N–H and O–H groups in total. The highest BCUT2D eigenvalue weighted by atomic mass is 32.1. The molecule has 0 aliphatic heterocycles. The first kappa shape index (κ1) is 10.9. The number of nitrogens with one attached hydrogen (secondary N) is 2. The Morgan fingerprint density at radius 1 is 1.50 bits per heavy atom. The van der Waals surface area contributed by atoms with Gasteiger partial charge in [-0.25, -0.2) is 4.98 Å². The Hall–Kier alpha value is -1.62. The van der Waals surface area contributed by atoms with Crippen LogP contribution in [-0.4, -0.2) is 9.97 Å². The van der Waals surface area contributed by atoms with Crippen molar-refractivity contribution in [3.63, 3.8) is 0 Å². The minimum absolute atomic E-state index is 0.146. The number of aryl methyl sites for hydroxylation is 1. The Labute approximate surface area is 97.4 Å². The Bertz CT molecular complexity index is 532. The van der Waals surface area contributed by atoms with Crippen molar-refractivity contribution in [2.75, 3.05) is 5.32 Å². The van der Waals surface area contributed by atoms with Crippen molar-refractivity contribution < 1.29 is 0 Å². The molecule has 0 saturated carbocycles. The molecule has 5 heteroatoms. The predicted molar refractivity (Wildman–Crippen MR) is 66.0 cm³/mol. The largest absolute Gasteiger partial charge is 0.363 e. The number of aromatic nitrogens is 2. The van der Waals surface area contributed by atoms with E-state index in [-0.39, 0.29) is 11.6 Å². The van der Waals surface area contributed by atoms with Gasteiger partial charge in [0, 0.05) is 15.8 Å². The summed E-state index contributed by atoms with van der Waals surface area (Å²) in [5.41, 5.74) is -0.146. The van der Waals surface area contributed by atoms with Gasteiger partial charge in [0.15, 0.2) is 0 Å². The minimum Gasteiger partial charge on any atom is -0.363 e. The van der Waals surface area contributed by atoms with Crippen molar-refractivity contribution in [3.05, 3.63) is 44.6 Å². The Morgan fingerprint density at radius 3 is 2.94 bits per heavy atom. The monoisotopic (exact) mass is 235 g/mol. The summed E-state index contributed by atoms with van der Waals surface area (Å²) in [4.78, 5) is 20.1. The van der Waals surface area contributed by atoms with Crippen molar-refractivity contribution in [1.82, 2.24) is 9.97 Å². The number of nitrogens with zero attached hydrogens (tertiary/aromatic N) is 1. The first-order valence-electron chi connectivity index (χ1n) is 5.03. The summed E-state index contributed by atoms with van der Waals surface area (Å²) in [5, 5.41) is 3.19. The summed E-state index contributed by atoms with van der Waals surface area (Å²) in [7, 11) is 0. The van der Waals surface area contributed by atoms with Crippen LogP contribution in [0.2, 0.25) is 0 Å². The maximum Gasteiger partial charge on any atom is 0.252 e. The van der Waals surface area contributed by atoms with Crippen molar-refractivity contribution >= 4 is 17.2 Å². The highest BCUT2D eigenvalue weighted by molar-refractivity contribution is 7.12. The van der Waals surface area contributed by atoms with Gasteiger partial charge in [0.05, 0.1) is 12.4 Å². The molecule has 2 aromatic rings. The lowest BCUT2D eigenvalue weighted by atomic mass is 10.2. The lowest BCUT2D eigenvalue weighted by molar-refractivity contribution is 0.891. The molecular weight excluding hydrogens is 222 g/mol. The lowest BCUT2D eigenvalue weighted by Crippen LogP contribution is -2.11. The van der Waals surface area contributed by atoms with E-state index in [0.29, 0.717) is 5.82 Å². The van der Waals surface area contributed by atoms with Gasteiger partial charge in [-0.05, 0) is 26.0 Å². The lowest BCUT2D eigenvalue weighted by Gasteiger charge is -2.11. The second-order valence-electron chi connectivity index (χ2n) is 3.61. The number of aromatic amines is 1. The van der Waals surface area contributed by atoms with Gasteiger partial charge >= 0.3 is 0 Å². The highest BCUT2D eigenvalue weighted by Gasteiger charge is 2.07. The van der Waals surface area contributed by atoms with Crippen LogP contribution in [0, 0.1) is 6.92 Å².